The summed E-state index contributed by atoms with van der Waals surface area (Å²) in [6.07, 6.45) is 4.19. The molecule has 4 heterocycles. The van der Waals surface area contributed by atoms with Crippen molar-refractivity contribution in [1.29, 1.82) is 0 Å². The minimum Gasteiger partial charge on any atom is -0.462 e. The zero-order valence-electron chi connectivity index (χ0n) is 24.3. The second-order valence-electron chi connectivity index (χ2n) is 11.5. The van der Waals surface area contributed by atoms with E-state index in [1.165, 1.54) is 10.5 Å². The SMILES string of the molecule is [C-]#[N+]C[C@H]1CN(c2nc(OC[C@@H]3CCCN3C)nc3cc(N4CCCc5cccc(Cl)c54)ccc23)CCN1C(=O)C(=C)F. The monoisotopic (exact) mass is 603 g/mol. The maximum absolute atomic E-state index is 13.8. The summed E-state index contributed by atoms with van der Waals surface area (Å²) in [6.45, 7) is 14.0. The van der Waals surface area contributed by atoms with E-state index in [0.29, 0.717) is 31.6 Å². The van der Waals surface area contributed by atoms with Crippen LogP contribution < -0.4 is 14.5 Å². The number of para-hydroxylation sites is 1. The van der Waals surface area contributed by atoms with Crippen LogP contribution in [0.4, 0.5) is 21.6 Å². The van der Waals surface area contributed by atoms with E-state index in [0.717, 1.165) is 66.1 Å². The standard InChI is InChI=1S/C32H35ClFN7O2/c1-21(34)31(42)41-16-15-39(19-25(41)18-35-2)30-26-12-11-23(40-14-5-8-22-7-4-10-27(33)29(22)40)17-28(26)36-32(37-30)43-20-24-9-6-13-38(24)3/h4,7,10-12,17,24-25H,1,5-6,8-9,13-16,18-20H2,3H3/t24-,25-/m0/s1. The van der Waals surface area contributed by atoms with Gasteiger partial charge in [0.2, 0.25) is 6.54 Å². The summed E-state index contributed by atoms with van der Waals surface area (Å²) < 4.78 is 20.0. The lowest BCUT2D eigenvalue weighted by Crippen LogP contribution is -2.56. The Morgan fingerprint density at radius 2 is 2.02 bits per heavy atom. The van der Waals surface area contributed by atoms with Gasteiger partial charge in [0.15, 0.2) is 5.83 Å². The van der Waals surface area contributed by atoms with Gasteiger partial charge in [-0.2, -0.15) is 9.97 Å². The van der Waals surface area contributed by atoms with Crippen LogP contribution in [0.5, 0.6) is 6.01 Å². The molecule has 224 valence electrons. The van der Waals surface area contributed by atoms with Crippen molar-refractivity contribution in [3.05, 3.63) is 70.8 Å². The average Bonchev–Trinajstić information content (AvgIpc) is 3.43. The summed E-state index contributed by atoms with van der Waals surface area (Å²) in [7, 11) is 2.10. The van der Waals surface area contributed by atoms with Crippen molar-refractivity contribution >= 4 is 45.6 Å². The molecule has 2 aromatic carbocycles. The number of ether oxygens (including phenoxy) is 1. The van der Waals surface area contributed by atoms with Crippen LogP contribution >= 0.6 is 11.6 Å². The van der Waals surface area contributed by atoms with Crippen LogP contribution in [-0.4, -0.2) is 90.7 Å². The van der Waals surface area contributed by atoms with Crippen molar-refractivity contribution in [2.45, 2.75) is 37.8 Å². The molecule has 6 rings (SSSR count). The number of nitrogens with zero attached hydrogens (tertiary/aromatic N) is 7. The zero-order valence-corrected chi connectivity index (χ0v) is 25.1. The molecule has 0 saturated carbocycles. The largest absolute Gasteiger partial charge is 0.462 e. The van der Waals surface area contributed by atoms with E-state index in [4.69, 9.17) is 32.9 Å². The molecule has 0 N–H and O–H groups in total. The highest BCUT2D eigenvalue weighted by atomic mass is 35.5. The number of fused-ring (bicyclic) bond motifs is 2. The second-order valence-corrected chi connectivity index (χ2v) is 11.9. The molecule has 3 aromatic rings. The lowest BCUT2D eigenvalue weighted by Gasteiger charge is -2.39. The van der Waals surface area contributed by atoms with Crippen LogP contribution in [0.2, 0.25) is 5.02 Å². The summed E-state index contributed by atoms with van der Waals surface area (Å²) in [5, 5.41) is 1.56. The predicted molar refractivity (Wildman–Crippen MR) is 167 cm³/mol. The summed E-state index contributed by atoms with van der Waals surface area (Å²) in [6, 6.07) is 12.3. The molecule has 11 heteroatoms. The van der Waals surface area contributed by atoms with Gasteiger partial charge >= 0.3 is 6.01 Å². The summed E-state index contributed by atoms with van der Waals surface area (Å²) in [5.74, 6) is -1.12. The number of piperazine rings is 1. The Balaban J connectivity index is 1.38. The first-order chi connectivity index (χ1) is 20.8. The molecule has 2 fully saturated rings. The van der Waals surface area contributed by atoms with Gasteiger partial charge in [0.1, 0.15) is 18.5 Å². The molecule has 43 heavy (non-hydrogen) atoms. The Hall–Kier alpha value is -3.94. The number of likely N-dealkylation sites (tertiary alicyclic amines) is 1. The van der Waals surface area contributed by atoms with Gasteiger partial charge in [-0.1, -0.05) is 30.3 Å². The Labute approximate surface area is 256 Å². The van der Waals surface area contributed by atoms with Gasteiger partial charge in [0.05, 0.1) is 16.2 Å². The Kier molecular flexibility index (Phi) is 8.37. The van der Waals surface area contributed by atoms with Crippen molar-refractivity contribution < 1.29 is 13.9 Å². The number of hydrogen-bond donors (Lipinski definition) is 0. The summed E-state index contributed by atoms with van der Waals surface area (Å²) >= 11 is 6.69. The van der Waals surface area contributed by atoms with E-state index in [2.05, 4.69) is 46.5 Å². The molecule has 0 spiro atoms. The number of likely N-dealkylation sites (N-methyl/N-ethyl adjacent to an activating group) is 1. The lowest BCUT2D eigenvalue weighted by atomic mass is 10.0. The number of amides is 1. The topological polar surface area (TPSA) is 69.4 Å². The summed E-state index contributed by atoms with van der Waals surface area (Å²) in [5.41, 5.74) is 3.97. The number of aryl methyl sites for hydroxylation is 1. The van der Waals surface area contributed by atoms with Crippen LogP contribution in [0.3, 0.4) is 0 Å². The van der Waals surface area contributed by atoms with Crippen LogP contribution in [0.1, 0.15) is 24.8 Å². The molecule has 3 aliphatic rings. The number of carbonyl (C=O) groups excluding carboxylic acids is 1. The van der Waals surface area contributed by atoms with Crippen molar-refractivity contribution in [1.82, 2.24) is 19.8 Å². The number of aromatic nitrogens is 2. The fourth-order valence-corrected chi connectivity index (χ4v) is 6.80. The van der Waals surface area contributed by atoms with Crippen molar-refractivity contribution in [3.63, 3.8) is 0 Å². The maximum atomic E-state index is 13.8. The van der Waals surface area contributed by atoms with Crippen molar-refractivity contribution in [3.8, 4) is 6.01 Å². The number of benzene rings is 2. The van der Waals surface area contributed by atoms with E-state index >= 15 is 0 Å². The Morgan fingerprint density at radius 1 is 1.16 bits per heavy atom. The zero-order chi connectivity index (χ0) is 30.1. The first kappa shape index (κ1) is 29.1. The minimum atomic E-state index is -1.02. The third-order valence-corrected chi connectivity index (χ3v) is 9.08. The van der Waals surface area contributed by atoms with Crippen molar-refractivity contribution in [2.75, 3.05) is 62.7 Å². The van der Waals surface area contributed by atoms with Gasteiger partial charge in [0, 0.05) is 43.3 Å². The van der Waals surface area contributed by atoms with E-state index in [9.17, 15) is 9.18 Å². The van der Waals surface area contributed by atoms with Crippen LogP contribution in [0, 0.1) is 6.57 Å². The number of rotatable bonds is 7. The molecular formula is C32H35ClFN7O2. The molecule has 3 aliphatic heterocycles. The number of hydrogen-bond acceptors (Lipinski definition) is 7. The highest BCUT2D eigenvalue weighted by molar-refractivity contribution is 6.33. The molecule has 0 bridgehead atoms. The fraction of sp³-hybridized carbons (Fsp3) is 0.438. The Morgan fingerprint density at radius 3 is 2.79 bits per heavy atom. The number of halogens is 2. The molecule has 0 radical (unpaired) electrons. The number of carbonyl (C=O) groups is 1. The van der Waals surface area contributed by atoms with Gasteiger partial charge in [-0.15, -0.1) is 0 Å². The van der Waals surface area contributed by atoms with Gasteiger partial charge in [0.25, 0.3) is 5.91 Å². The highest BCUT2D eigenvalue weighted by Gasteiger charge is 2.35. The molecule has 2 saturated heterocycles. The Bertz CT molecular complexity index is 1590. The third kappa shape index (κ3) is 5.84. The smallest absolute Gasteiger partial charge is 0.319 e. The van der Waals surface area contributed by atoms with Crippen LogP contribution in [-0.2, 0) is 11.2 Å². The molecule has 9 nitrogen and oxygen atoms in total. The van der Waals surface area contributed by atoms with Crippen LogP contribution in [0.15, 0.2) is 48.8 Å². The predicted octanol–water partition coefficient (Wildman–Crippen LogP) is 5.26. The summed E-state index contributed by atoms with van der Waals surface area (Å²) in [4.78, 5) is 33.7. The third-order valence-electron chi connectivity index (χ3n) is 8.77. The molecule has 1 aromatic heterocycles. The van der Waals surface area contributed by atoms with Gasteiger partial charge in [-0.25, -0.2) is 11.0 Å². The molecule has 0 unspecified atom stereocenters. The molecular weight excluding hydrogens is 569 g/mol. The molecule has 1 amide bonds. The van der Waals surface area contributed by atoms with E-state index in [1.54, 1.807) is 0 Å². The van der Waals surface area contributed by atoms with Gasteiger partial charge in [-0.3, -0.25) is 4.79 Å². The lowest BCUT2D eigenvalue weighted by molar-refractivity contribution is -0.131. The van der Waals surface area contributed by atoms with E-state index < -0.39 is 17.8 Å². The first-order valence-electron chi connectivity index (χ1n) is 14.8. The molecule has 0 aliphatic carbocycles. The minimum absolute atomic E-state index is 0.0508. The first-order valence-corrected chi connectivity index (χ1v) is 15.1. The van der Waals surface area contributed by atoms with E-state index in [-0.39, 0.29) is 19.1 Å². The quantitative estimate of drug-likeness (QED) is 0.270. The van der Waals surface area contributed by atoms with Crippen LogP contribution in [0.25, 0.3) is 15.7 Å². The van der Waals surface area contributed by atoms with Gasteiger partial charge < -0.3 is 29.2 Å². The van der Waals surface area contributed by atoms with Crippen molar-refractivity contribution in [2.24, 2.45) is 0 Å². The van der Waals surface area contributed by atoms with Gasteiger partial charge in [-0.05, 0) is 69.1 Å². The maximum Gasteiger partial charge on any atom is 0.319 e. The molecule has 2 atom stereocenters. The fourth-order valence-electron chi connectivity index (χ4n) is 6.51. The number of anilines is 3. The highest BCUT2D eigenvalue weighted by Crippen LogP contribution is 2.40. The average molecular weight is 604 g/mol. The van der Waals surface area contributed by atoms with E-state index in [1.807, 2.05) is 23.1 Å². The second kappa shape index (κ2) is 12.3. The normalized spacial score (nSPS) is 20.7.